The lowest BCUT2D eigenvalue weighted by molar-refractivity contribution is -0.140. The molecule has 1 unspecified atom stereocenters. The number of benzene rings is 2. The minimum atomic E-state index is -0.857. The van der Waals surface area contributed by atoms with Crippen LogP contribution < -0.4 is 4.74 Å². The second kappa shape index (κ2) is 9.02. The Morgan fingerprint density at radius 2 is 1.81 bits per heavy atom. The minimum absolute atomic E-state index is 0.0318. The Bertz CT molecular complexity index is 1230. The number of pyridine rings is 1. The lowest BCUT2D eigenvalue weighted by atomic mass is 9.95. The number of aliphatic hydroxyl groups excluding tert-OH is 1. The average molecular weight is 469 g/mol. The van der Waals surface area contributed by atoms with Crippen LogP contribution in [0.25, 0.3) is 5.76 Å². The SMILES string of the molecule is COc1cccc(/C(O)=C2/C(=O)C(=O)N(Cc3ccncc3)C2c2ccc(Cl)c(Cl)c2)c1. The van der Waals surface area contributed by atoms with Gasteiger partial charge < -0.3 is 14.7 Å². The number of hydrogen-bond donors (Lipinski definition) is 1. The molecule has 1 aliphatic heterocycles. The molecule has 0 aliphatic carbocycles. The molecule has 0 spiro atoms. The smallest absolute Gasteiger partial charge is 0.295 e. The highest BCUT2D eigenvalue weighted by atomic mass is 35.5. The van der Waals surface area contributed by atoms with Crippen molar-refractivity contribution in [3.05, 3.63) is 99.3 Å². The average Bonchev–Trinajstić information content (AvgIpc) is 3.06. The molecule has 1 atom stereocenters. The summed E-state index contributed by atoms with van der Waals surface area (Å²) in [6.45, 7) is 0.146. The fourth-order valence-corrected chi connectivity index (χ4v) is 3.99. The van der Waals surface area contributed by atoms with Crippen LogP contribution in [0.15, 0.2) is 72.6 Å². The van der Waals surface area contributed by atoms with Crippen molar-refractivity contribution in [1.82, 2.24) is 9.88 Å². The lowest BCUT2D eigenvalue weighted by Gasteiger charge is -2.25. The number of ether oxygens (including phenoxy) is 1. The van der Waals surface area contributed by atoms with Gasteiger partial charge in [0.15, 0.2) is 0 Å². The Labute approximate surface area is 194 Å². The van der Waals surface area contributed by atoms with Gasteiger partial charge in [-0.1, -0.05) is 41.4 Å². The van der Waals surface area contributed by atoms with Gasteiger partial charge in [-0.25, -0.2) is 0 Å². The number of halogens is 2. The minimum Gasteiger partial charge on any atom is -0.507 e. The van der Waals surface area contributed by atoms with E-state index in [-0.39, 0.29) is 22.9 Å². The summed E-state index contributed by atoms with van der Waals surface area (Å²) in [6.07, 6.45) is 3.21. The zero-order valence-electron chi connectivity index (χ0n) is 17.0. The summed E-state index contributed by atoms with van der Waals surface area (Å²) in [5, 5.41) is 11.7. The second-order valence-electron chi connectivity index (χ2n) is 7.19. The largest absolute Gasteiger partial charge is 0.507 e. The molecule has 32 heavy (non-hydrogen) atoms. The summed E-state index contributed by atoms with van der Waals surface area (Å²) in [4.78, 5) is 31.5. The summed E-state index contributed by atoms with van der Waals surface area (Å²) >= 11 is 12.3. The number of aliphatic hydroxyl groups is 1. The molecule has 3 aromatic rings. The van der Waals surface area contributed by atoms with Gasteiger partial charge in [-0.05, 0) is 47.5 Å². The predicted octanol–water partition coefficient (Wildman–Crippen LogP) is 5.02. The van der Waals surface area contributed by atoms with E-state index >= 15 is 0 Å². The summed E-state index contributed by atoms with van der Waals surface area (Å²) in [5.74, 6) is -1.29. The predicted molar refractivity (Wildman–Crippen MR) is 122 cm³/mol. The van der Waals surface area contributed by atoms with Crippen molar-refractivity contribution in [3.8, 4) is 5.75 Å². The molecule has 162 valence electrons. The number of nitrogens with zero attached hydrogens (tertiary/aromatic N) is 2. The Morgan fingerprint density at radius 3 is 2.50 bits per heavy atom. The third-order valence-electron chi connectivity index (χ3n) is 5.24. The van der Waals surface area contributed by atoms with Crippen LogP contribution in [0.3, 0.4) is 0 Å². The van der Waals surface area contributed by atoms with E-state index in [1.165, 1.54) is 12.0 Å². The van der Waals surface area contributed by atoms with Crippen LogP contribution in [-0.4, -0.2) is 33.8 Å². The van der Waals surface area contributed by atoms with Crippen molar-refractivity contribution in [2.75, 3.05) is 7.11 Å². The summed E-state index contributed by atoms with van der Waals surface area (Å²) < 4.78 is 5.22. The van der Waals surface area contributed by atoms with Crippen LogP contribution >= 0.6 is 23.2 Å². The number of likely N-dealkylation sites (tertiary alicyclic amines) is 1. The molecule has 2 heterocycles. The molecule has 1 aromatic heterocycles. The Balaban J connectivity index is 1.89. The highest BCUT2D eigenvalue weighted by Gasteiger charge is 2.46. The molecule has 1 fully saturated rings. The molecule has 1 amide bonds. The Hall–Kier alpha value is -3.35. The number of aromatic nitrogens is 1. The van der Waals surface area contributed by atoms with Gasteiger partial charge in [0.25, 0.3) is 11.7 Å². The number of amides is 1. The van der Waals surface area contributed by atoms with E-state index in [1.54, 1.807) is 67.0 Å². The number of hydrogen-bond acceptors (Lipinski definition) is 5. The molecule has 6 nitrogen and oxygen atoms in total. The van der Waals surface area contributed by atoms with Crippen molar-refractivity contribution < 1.29 is 19.4 Å². The van der Waals surface area contributed by atoms with Gasteiger partial charge >= 0.3 is 0 Å². The van der Waals surface area contributed by atoms with Crippen molar-refractivity contribution in [3.63, 3.8) is 0 Å². The normalized spacial score (nSPS) is 17.6. The fraction of sp³-hybridized carbons (Fsp3) is 0.125. The first kappa shape index (κ1) is 21.9. The van der Waals surface area contributed by atoms with E-state index in [0.29, 0.717) is 21.9 Å². The molecule has 2 aromatic carbocycles. The Morgan fingerprint density at radius 1 is 1.06 bits per heavy atom. The number of carbonyl (C=O) groups excluding carboxylic acids is 2. The van der Waals surface area contributed by atoms with E-state index in [9.17, 15) is 14.7 Å². The van der Waals surface area contributed by atoms with E-state index in [1.807, 2.05) is 0 Å². The first-order valence-electron chi connectivity index (χ1n) is 9.67. The molecule has 0 radical (unpaired) electrons. The van der Waals surface area contributed by atoms with Gasteiger partial charge in [-0.15, -0.1) is 0 Å². The van der Waals surface area contributed by atoms with Gasteiger partial charge in [0.2, 0.25) is 0 Å². The molecule has 1 N–H and O–H groups in total. The van der Waals surface area contributed by atoms with Crippen molar-refractivity contribution in [1.29, 1.82) is 0 Å². The monoisotopic (exact) mass is 468 g/mol. The summed E-state index contributed by atoms with van der Waals surface area (Å²) in [7, 11) is 1.50. The topological polar surface area (TPSA) is 79.7 Å². The molecular formula is C24H18Cl2N2O4. The third kappa shape index (κ3) is 4.07. The first-order valence-corrected chi connectivity index (χ1v) is 10.4. The quantitative estimate of drug-likeness (QED) is 0.323. The lowest BCUT2D eigenvalue weighted by Crippen LogP contribution is -2.29. The van der Waals surface area contributed by atoms with Crippen LogP contribution in [0.4, 0.5) is 0 Å². The first-order chi connectivity index (χ1) is 15.4. The maximum atomic E-state index is 13.1. The Kier molecular flexibility index (Phi) is 6.17. The summed E-state index contributed by atoms with van der Waals surface area (Å²) in [6, 6.07) is 14.2. The molecule has 1 aliphatic rings. The standard InChI is InChI=1S/C24H18Cl2N2O4/c1-32-17-4-2-3-16(11-17)22(29)20-21(15-5-6-18(25)19(26)12-15)28(24(31)23(20)30)13-14-7-9-27-10-8-14/h2-12,21,29H,13H2,1H3/b22-20-. The molecule has 0 saturated carbocycles. The molecule has 8 heteroatoms. The molecule has 4 rings (SSSR count). The van der Waals surface area contributed by atoms with E-state index in [2.05, 4.69) is 4.98 Å². The second-order valence-corrected chi connectivity index (χ2v) is 8.00. The zero-order chi connectivity index (χ0) is 22.8. The van der Waals surface area contributed by atoms with Crippen molar-refractivity contribution >= 4 is 40.7 Å². The van der Waals surface area contributed by atoms with Crippen LogP contribution in [0.1, 0.15) is 22.7 Å². The van der Waals surface area contributed by atoms with E-state index < -0.39 is 17.7 Å². The number of Topliss-reactive ketones (excluding diaryl/α,β-unsaturated/α-hetero) is 1. The van der Waals surface area contributed by atoms with Gasteiger partial charge in [-0.3, -0.25) is 14.6 Å². The number of ketones is 1. The number of rotatable bonds is 5. The van der Waals surface area contributed by atoms with E-state index in [4.69, 9.17) is 27.9 Å². The maximum absolute atomic E-state index is 13.1. The van der Waals surface area contributed by atoms with Gasteiger partial charge in [0.1, 0.15) is 11.5 Å². The van der Waals surface area contributed by atoms with Crippen molar-refractivity contribution in [2.24, 2.45) is 0 Å². The summed E-state index contributed by atoms with van der Waals surface area (Å²) in [5.41, 5.74) is 1.66. The van der Waals surface area contributed by atoms with Crippen molar-refractivity contribution in [2.45, 2.75) is 12.6 Å². The molecule has 0 bridgehead atoms. The maximum Gasteiger partial charge on any atom is 0.295 e. The van der Waals surface area contributed by atoms with Crippen LogP contribution in [0, 0.1) is 0 Å². The number of carbonyl (C=O) groups is 2. The third-order valence-corrected chi connectivity index (χ3v) is 5.98. The number of methoxy groups -OCH3 is 1. The van der Waals surface area contributed by atoms with Crippen LogP contribution in [0.2, 0.25) is 10.0 Å². The molecule has 1 saturated heterocycles. The van der Waals surface area contributed by atoms with Gasteiger partial charge in [-0.2, -0.15) is 0 Å². The van der Waals surface area contributed by atoms with E-state index in [0.717, 1.165) is 5.56 Å². The molecular weight excluding hydrogens is 451 g/mol. The van der Waals surface area contributed by atoms with Crippen LogP contribution in [0.5, 0.6) is 5.75 Å². The van der Waals surface area contributed by atoms with Gasteiger partial charge in [0, 0.05) is 24.5 Å². The fourth-order valence-electron chi connectivity index (χ4n) is 3.68. The zero-order valence-corrected chi connectivity index (χ0v) is 18.5. The highest BCUT2D eigenvalue weighted by molar-refractivity contribution is 6.46. The highest BCUT2D eigenvalue weighted by Crippen LogP contribution is 2.41. The van der Waals surface area contributed by atoms with Crippen LogP contribution in [-0.2, 0) is 16.1 Å². The van der Waals surface area contributed by atoms with Gasteiger partial charge in [0.05, 0.1) is 28.8 Å².